The summed E-state index contributed by atoms with van der Waals surface area (Å²) in [6, 6.07) is 5.70. The Morgan fingerprint density at radius 2 is 1.85 bits per heavy atom. The van der Waals surface area contributed by atoms with Gasteiger partial charge < -0.3 is 4.74 Å². The van der Waals surface area contributed by atoms with E-state index in [1.54, 1.807) is 0 Å². The first-order chi connectivity index (χ1) is 9.19. The number of nitrogens with zero attached hydrogens (tertiary/aromatic N) is 1. The molecule has 0 saturated carbocycles. The summed E-state index contributed by atoms with van der Waals surface area (Å²) < 4.78 is 53.7. The van der Waals surface area contributed by atoms with Crippen LogP contribution in [0.2, 0.25) is 0 Å². The molecule has 4 nitrogen and oxygen atoms in total. The van der Waals surface area contributed by atoms with Crippen LogP contribution in [0.15, 0.2) is 40.6 Å². The Morgan fingerprint density at radius 3 is 2.30 bits per heavy atom. The lowest BCUT2D eigenvalue weighted by Crippen LogP contribution is -2.32. The summed E-state index contributed by atoms with van der Waals surface area (Å²) >= 11 is 10.1. The Morgan fingerprint density at radius 1 is 1.30 bits per heavy atom. The second kappa shape index (κ2) is 6.39. The van der Waals surface area contributed by atoms with Gasteiger partial charge in [0.2, 0.25) is 14.7 Å². The van der Waals surface area contributed by atoms with Gasteiger partial charge >= 0.3 is 6.11 Å². The highest BCUT2D eigenvalue weighted by Gasteiger charge is 2.40. The molecule has 0 atom stereocenters. The predicted octanol–water partition coefficient (Wildman–Crippen LogP) is 3.27. The predicted molar refractivity (Wildman–Crippen MR) is 69.4 cm³/mol. The fourth-order valence-corrected chi connectivity index (χ4v) is 2.10. The van der Waals surface area contributed by atoms with E-state index in [1.807, 2.05) is 0 Å². The van der Waals surface area contributed by atoms with Crippen LogP contribution in [0.3, 0.4) is 0 Å². The number of sulfone groups is 1. The zero-order valence-corrected chi connectivity index (χ0v) is 12.0. The van der Waals surface area contributed by atoms with Gasteiger partial charge in [0.25, 0.3) is 0 Å². The summed E-state index contributed by atoms with van der Waals surface area (Å²) in [6.45, 7) is 0. The van der Waals surface area contributed by atoms with Gasteiger partial charge in [-0.25, -0.2) is 8.42 Å². The van der Waals surface area contributed by atoms with Crippen LogP contribution >= 0.6 is 23.2 Å². The van der Waals surface area contributed by atoms with Gasteiger partial charge in [0.05, 0.1) is 11.0 Å². The van der Waals surface area contributed by atoms with Gasteiger partial charge in [-0.05, 0) is 24.3 Å². The van der Waals surface area contributed by atoms with Crippen LogP contribution in [0.4, 0.5) is 8.78 Å². The molecule has 0 unspecified atom stereocenters. The Balaban J connectivity index is 2.96. The number of halogens is 4. The van der Waals surface area contributed by atoms with Crippen molar-refractivity contribution in [3.63, 3.8) is 0 Å². The van der Waals surface area contributed by atoms with E-state index in [-0.39, 0.29) is 10.6 Å². The third kappa shape index (κ3) is 4.34. The Kier molecular flexibility index (Phi) is 5.34. The lowest BCUT2D eigenvalue weighted by atomic mass is 10.3. The van der Waals surface area contributed by atoms with Crippen LogP contribution in [0, 0.1) is 11.3 Å². The van der Waals surface area contributed by atoms with Crippen molar-refractivity contribution < 1.29 is 21.9 Å². The normalized spacial score (nSPS) is 12.6. The van der Waals surface area contributed by atoms with E-state index in [9.17, 15) is 17.2 Å². The van der Waals surface area contributed by atoms with E-state index >= 15 is 0 Å². The SMILES string of the molecule is N#C/C=C/S(=O)(=O)c1ccc(OC(F)(F)C(Cl)Cl)cc1. The van der Waals surface area contributed by atoms with Crippen LogP contribution in [0.5, 0.6) is 5.75 Å². The molecule has 0 fully saturated rings. The number of rotatable bonds is 5. The van der Waals surface area contributed by atoms with Crippen molar-refractivity contribution in [2.45, 2.75) is 15.8 Å². The molecule has 0 aromatic heterocycles. The molecule has 0 spiro atoms. The number of ether oxygens (including phenoxy) is 1. The van der Waals surface area contributed by atoms with Gasteiger partial charge in [0.1, 0.15) is 5.75 Å². The van der Waals surface area contributed by atoms with E-state index in [4.69, 9.17) is 28.5 Å². The highest BCUT2D eigenvalue weighted by atomic mass is 35.5. The monoisotopic (exact) mass is 341 g/mol. The summed E-state index contributed by atoms with van der Waals surface area (Å²) in [5, 5.41) is 8.97. The molecule has 0 radical (unpaired) electrons. The fraction of sp³-hybridized carbons (Fsp3) is 0.182. The number of hydrogen-bond acceptors (Lipinski definition) is 4. The molecule has 0 aliphatic carbocycles. The van der Waals surface area contributed by atoms with Gasteiger partial charge in [0.15, 0.2) is 0 Å². The summed E-state index contributed by atoms with van der Waals surface area (Å²) in [4.78, 5) is -2.24. The number of alkyl halides is 4. The van der Waals surface area contributed by atoms with Crippen molar-refractivity contribution in [3.05, 3.63) is 35.7 Å². The lowest BCUT2D eigenvalue weighted by Gasteiger charge is -2.18. The van der Waals surface area contributed by atoms with Gasteiger partial charge in [-0.2, -0.15) is 14.0 Å². The number of benzene rings is 1. The van der Waals surface area contributed by atoms with Crippen LogP contribution in [-0.4, -0.2) is 19.4 Å². The summed E-state index contributed by atoms with van der Waals surface area (Å²) in [6.07, 6.45) is -3.01. The Bertz CT molecular complexity index is 637. The van der Waals surface area contributed by atoms with Crippen LogP contribution < -0.4 is 4.74 Å². The molecule has 0 saturated heterocycles. The summed E-state index contributed by atoms with van der Waals surface area (Å²) in [5.74, 6) is -0.301. The van der Waals surface area contributed by atoms with E-state index in [0.29, 0.717) is 5.41 Å². The molecule has 108 valence electrons. The van der Waals surface area contributed by atoms with E-state index in [2.05, 4.69) is 4.74 Å². The van der Waals surface area contributed by atoms with Gasteiger partial charge in [-0.3, -0.25) is 0 Å². The molecule has 9 heteroatoms. The van der Waals surface area contributed by atoms with Gasteiger partial charge in [-0.1, -0.05) is 23.2 Å². The lowest BCUT2D eigenvalue weighted by molar-refractivity contribution is -0.163. The van der Waals surface area contributed by atoms with Crippen molar-refractivity contribution in [1.82, 2.24) is 0 Å². The molecule has 0 aliphatic heterocycles. The molecular formula is C11H7Cl2F2NO3S. The molecule has 20 heavy (non-hydrogen) atoms. The topological polar surface area (TPSA) is 67.2 Å². The summed E-state index contributed by atoms with van der Waals surface area (Å²) in [5.41, 5.74) is 0. The number of allylic oxidation sites excluding steroid dienone is 1. The van der Waals surface area contributed by atoms with E-state index in [1.165, 1.54) is 6.07 Å². The molecule has 0 bridgehead atoms. The maximum atomic E-state index is 13.1. The number of hydrogen-bond donors (Lipinski definition) is 0. The highest BCUT2D eigenvalue weighted by molar-refractivity contribution is 7.94. The zero-order valence-electron chi connectivity index (χ0n) is 9.63. The Hall–Kier alpha value is -1.36. The molecule has 0 heterocycles. The van der Waals surface area contributed by atoms with Crippen LogP contribution in [0.25, 0.3) is 0 Å². The minimum absolute atomic E-state index is 0.173. The Labute approximate surface area is 124 Å². The van der Waals surface area contributed by atoms with Crippen molar-refractivity contribution in [3.8, 4) is 11.8 Å². The standard InChI is InChI=1S/C11H7Cl2F2NO3S/c12-10(13)11(14,15)19-8-2-4-9(5-3-8)20(17,18)7-1-6-16/h1-5,7,10H/b7-1+. The molecule has 0 amide bonds. The maximum Gasteiger partial charge on any atom is 0.428 e. The third-order valence-corrected chi connectivity index (χ3v) is 3.91. The van der Waals surface area contributed by atoms with Crippen LogP contribution in [-0.2, 0) is 9.84 Å². The van der Waals surface area contributed by atoms with Gasteiger partial charge in [-0.15, -0.1) is 0 Å². The molecule has 1 aromatic rings. The van der Waals surface area contributed by atoms with Crippen LogP contribution in [0.1, 0.15) is 0 Å². The molecule has 1 rings (SSSR count). The second-order valence-electron chi connectivity index (χ2n) is 3.41. The summed E-state index contributed by atoms with van der Waals surface area (Å²) in [7, 11) is -3.80. The number of nitriles is 1. The highest BCUT2D eigenvalue weighted by Crippen LogP contribution is 2.30. The smallest absolute Gasteiger partial charge is 0.428 e. The zero-order chi connectivity index (χ0) is 15.4. The van der Waals surface area contributed by atoms with Gasteiger partial charge in [0, 0.05) is 11.5 Å². The molecule has 0 N–H and O–H groups in total. The average Bonchev–Trinajstić information content (AvgIpc) is 2.36. The minimum Gasteiger partial charge on any atom is -0.431 e. The largest absolute Gasteiger partial charge is 0.431 e. The first-order valence-electron chi connectivity index (χ1n) is 4.95. The first kappa shape index (κ1) is 16.7. The fourth-order valence-electron chi connectivity index (χ4n) is 1.10. The van der Waals surface area contributed by atoms with Crippen molar-refractivity contribution in [2.24, 2.45) is 0 Å². The maximum absolute atomic E-state index is 13.1. The first-order valence-corrected chi connectivity index (χ1v) is 7.37. The van der Waals surface area contributed by atoms with Crippen molar-refractivity contribution >= 4 is 33.0 Å². The van der Waals surface area contributed by atoms with E-state index in [0.717, 1.165) is 30.3 Å². The molecule has 0 aliphatic rings. The van der Waals surface area contributed by atoms with E-state index < -0.39 is 20.8 Å². The average molecular weight is 342 g/mol. The molecule has 1 aromatic carbocycles. The minimum atomic E-state index is -3.80. The van der Waals surface area contributed by atoms with Crippen molar-refractivity contribution in [2.75, 3.05) is 0 Å². The second-order valence-corrected chi connectivity index (χ2v) is 6.34. The third-order valence-electron chi connectivity index (χ3n) is 1.98. The molecular weight excluding hydrogens is 335 g/mol. The quantitative estimate of drug-likeness (QED) is 0.608. The van der Waals surface area contributed by atoms with Crippen molar-refractivity contribution in [1.29, 1.82) is 5.26 Å².